The highest BCUT2D eigenvalue weighted by molar-refractivity contribution is 9.10. The molecule has 3 rings (SSSR count). The van der Waals surface area contributed by atoms with E-state index in [1.807, 2.05) is 42.2 Å². The smallest absolute Gasteiger partial charge is 0.255 e. The van der Waals surface area contributed by atoms with E-state index in [1.54, 1.807) is 0 Å². The predicted molar refractivity (Wildman–Crippen MR) is 83.5 cm³/mol. The lowest BCUT2D eigenvalue weighted by Gasteiger charge is -2.34. The number of benzene rings is 1. The third-order valence-corrected chi connectivity index (χ3v) is 4.30. The van der Waals surface area contributed by atoms with Crippen LogP contribution < -0.4 is 4.90 Å². The van der Waals surface area contributed by atoms with Crippen LogP contribution in [0.25, 0.3) is 0 Å². The number of hydrogen-bond donors (Lipinski definition) is 0. The number of nitrogens with zero attached hydrogens (tertiary/aromatic N) is 3. The molecule has 0 aliphatic carbocycles. The summed E-state index contributed by atoms with van der Waals surface area (Å²) in [5.41, 5.74) is 0.711. The van der Waals surface area contributed by atoms with Crippen molar-refractivity contribution in [3.05, 3.63) is 46.1 Å². The molecule has 0 N–H and O–H groups in total. The lowest BCUT2D eigenvalue weighted by Crippen LogP contribution is -2.49. The van der Waals surface area contributed by atoms with Gasteiger partial charge in [-0.25, -0.2) is 0 Å². The van der Waals surface area contributed by atoms with Gasteiger partial charge in [-0.1, -0.05) is 17.3 Å². The van der Waals surface area contributed by atoms with Gasteiger partial charge >= 0.3 is 0 Å². The van der Waals surface area contributed by atoms with Gasteiger partial charge < -0.3 is 14.3 Å². The third kappa shape index (κ3) is 2.95. The van der Waals surface area contributed by atoms with Crippen molar-refractivity contribution in [3.8, 4) is 0 Å². The topological polar surface area (TPSA) is 49.6 Å². The Morgan fingerprint density at radius 2 is 1.95 bits per heavy atom. The van der Waals surface area contributed by atoms with Crippen LogP contribution in [0.2, 0.25) is 0 Å². The summed E-state index contributed by atoms with van der Waals surface area (Å²) < 4.78 is 5.94. The van der Waals surface area contributed by atoms with Gasteiger partial charge in [-0.2, -0.15) is 0 Å². The number of carbonyl (C=O) groups is 1. The van der Waals surface area contributed by atoms with Crippen molar-refractivity contribution in [1.82, 2.24) is 10.1 Å². The largest absolute Gasteiger partial charge is 0.360 e. The van der Waals surface area contributed by atoms with Crippen LogP contribution in [-0.4, -0.2) is 42.1 Å². The molecule has 2 aromatic rings. The van der Waals surface area contributed by atoms with E-state index < -0.39 is 0 Å². The minimum Gasteiger partial charge on any atom is -0.360 e. The average molecular weight is 350 g/mol. The van der Waals surface area contributed by atoms with Crippen molar-refractivity contribution in [2.75, 3.05) is 31.1 Å². The van der Waals surface area contributed by atoms with Gasteiger partial charge in [0.2, 0.25) is 0 Å². The molecule has 0 unspecified atom stereocenters. The van der Waals surface area contributed by atoms with Crippen molar-refractivity contribution in [3.63, 3.8) is 0 Å². The molecule has 2 heterocycles. The van der Waals surface area contributed by atoms with E-state index in [1.165, 1.54) is 0 Å². The molecule has 1 aliphatic rings. The molecule has 21 heavy (non-hydrogen) atoms. The van der Waals surface area contributed by atoms with Crippen molar-refractivity contribution in [2.45, 2.75) is 6.92 Å². The second-order valence-corrected chi connectivity index (χ2v) is 5.91. The Morgan fingerprint density at radius 1 is 1.24 bits per heavy atom. The molecule has 1 aromatic heterocycles. The number of rotatable bonds is 2. The summed E-state index contributed by atoms with van der Waals surface area (Å²) in [4.78, 5) is 16.5. The van der Waals surface area contributed by atoms with Crippen LogP contribution in [0.4, 0.5) is 5.82 Å². The molecular formula is C15H16BrN3O2. The van der Waals surface area contributed by atoms with E-state index in [4.69, 9.17) is 4.52 Å². The molecule has 0 saturated carbocycles. The van der Waals surface area contributed by atoms with E-state index in [0.717, 1.165) is 29.1 Å². The van der Waals surface area contributed by atoms with Crippen molar-refractivity contribution in [2.24, 2.45) is 0 Å². The highest BCUT2D eigenvalue weighted by atomic mass is 79.9. The molecular weight excluding hydrogens is 334 g/mol. The maximum absolute atomic E-state index is 12.5. The molecule has 1 fully saturated rings. The first-order valence-corrected chi connectivity index (χ1v) is 7.66. The Bertz CT molecular complexity index is 648. The number of aromatic nitrogens is 1. The summed E-state index contributed by atoms with van der Waals surface area (Å²) in [6, 6.07) is 9.45. The Morgan fingerprint density at radius 3 is 2.57 bits per heavy atom. The highest BCUT2D eigenvalue weighted by Gasteiger charge is 2.24. The average Bonchev–Trinajstić information content (AvgIpc) is 2.94. The highest BCUT2D eigenvalue weighted by Crippen LogP contribution is 2.20. The first kappa shape index (κ1) is 14.1. The van der Waals surface area contributed by atoms with Crippen LogP contribution in [0.1, 0.15) is 16.1 Å². The van der Waals surface area contributed by atoms with Gasteiger partial charge in [0.15, 0.2) is 5.82 Å². The van der Waals surface area contributed by atoms with Crippen LogP contribution in [0.15, 0.2) is 39.3 Å². The predicted octanol–water partition coefficient (Wildman–Crippen LogP) is 2.71. The zero-order valence-electron chi connectivity index (χ0n) is 11.8. The summed E-state index contributed by atoms with van der Waals surface area (Å²) in [6.45, 7) is 4.78. The molecule has 1 aromatic carbocycles. The lowest BCUT2D eigenvalue weighted by molar-refractivity contribution is 0.0745. The zero-order chi connectivity index (χ0) is 14.8. The standard InChI is InChI=1S/C15H16BrN3O2/c1-11-10-14(17-21-11)18-6-8-19(9-7-18)15(20)12-4-2-3-5-13(12)16/h2-5,10H,6-9H2,1H3. The molecule has 5 nitrogen and oxygen atoms in total. The van der Waals surface area contributed by atoms with Crippen LogP contribution in [0.3, 0.4) is 0 Å². The van der Waals surface area contributed by atoms with Crippen molar-refractivity contribution >= 4 is 27.7 Å². The van der Waals surface area contributed by atoms with Gasteiger partial charge in [-0.15, -0.1) is 0 Å². The summed E-state index contributed by atoms with van der Waals surface area (Å²) in [6.07, 6.45) is 0. The SMILES string of the molecule is Cc1cc(N2CCN(C(=O)c3ccccc3Br)CC2)no1. The first-order valence-electron chi connectivity index (χ1n) is 6.87. The number of piperazine rings is 1. The van der Waals surface area contributed by atoms with Gasteiger partial charge in [-0.3, -0.25) is 4.79 Å². The fraction of sp³-hybridized carbons (Fsp3) is 0.333. The maximum atomic E-state index is 12.5. The van der Waals surface area contributed by atoms with Gasteiger partial charge in [-0.05, 0) is 35.0 Å². The van der Waals surface area contributed by atoms with E-state index >= 15 is 0 Å². The maximum Gasteiger partial charge on any atom is 0.255 e. The Kier molecular flexibility index (Phi) is 3.96. The van der Waals surface area contributed by atoms with E-state index in [2.05, 4.69) is 26.0 Å². The molecule has 0 spiro atoms. The molecule has 0 atom stereocenters. The molecule has 1 aliphatic heterocycles. The number of amides is 1. The van der Waals surface area contributed by atoms with Crippen LogP contribution in [0, 0.1) is 6.92 Å². The number of aryl methyl sites for hydroxylation is 1. The minimum absolute atomic E-state index is 0.0680. The third-order valence-electron chi connectivity index (χ3n) is 3.61. The van der Waals surface area contributed by atoms with Gasteiger partial charge in [0.05, 0.1) is 5.56 Å². The number of hydrogen-bond acceptors (Lipinski definition) is 4. The summed E-state index contributed by atoms with van der Waals surface area (Å²) in [5.74, 6) is 1.72. The Balaban J connectivity index is 1.66. The van der Waals surface area contributed by atoms with E-state index in [-0.39, 0.29) is 5.91 Å². The fourth-order valence-corrected chi connectivity index (χ4v) is 2.90. The quantitative estimate of drug-likeness (QED) is 0.836. The van der Waals surface area contributed by atoms with Crippen LogP contribution >= 0.6 is 15.9 Å². The number of halogens is 1. The van der Waals surface area contributed by atoms with Gasteiger partial charge in [0.1, 0.15) is 5.76 Å². The second kappa shape index (κ2) is 5.89. The zero-order valence-corrected chi connectivity index (χ0v) is 13.3. The first-order chi connectivity index (χ1) is 10.1. The minimum atomic E-state index is 0.0680. The van der Waals surface area contributed by atoms with E-state index in [9.17, 15) is 4.79 Å². The number of carbonyl (C=O) groups excluding carboxylic acids is 1. The molecule has 6 heteroatoms. The molecule has 1 amide bonds. The molecule has 110 valence electrons. The van der Waals surface area contributed by atoms with Gasteiger partial charge in [0.25, 0.3) is 5.91 Å². The molecule has 0 radical (unpaired) electrons. The van der Waals surface area contributed by atoms with Crippen molar-refractivity contribution < 1.29 is 9.32 Å². The second-order valence-electron chi connectivity index (χ2n) is 5.05. The lowest BCUT2D eigenvalue weighted by atomic mass is 10.2. The summed E-state index contributed by atoms with van der Waals surface area (Å²) in [5, 5.41) is 4.02. The van der Waals surface area contributed by atoms with Crippen molar-refractivity contribution in [1.29, 1.82) is 0 Å². The van der Waals surface area contributed by atoms with Gasteiger partial charge in [0, 0.05) is 36.7 Å². The summed E-state index contributed by atoms with van der Waals surface area (Å²) in [7, 11) is 0. The Labute approximate surface area is 131 Å². The molecule has 0 bridgehead atoms. The summed E-state index contributed by atoms with van der Waals surface area (Å²) >= 11 is 3.43. The van der Waals surface area contributed by atoms with Crippen LogP contribution in [0.5, 0.6) is 0 Å². The normalized spacial score (nSPS) is 15.3. The Hall–Kier alpha value is -1.82. The monoisotopic (exact) mass is 349 g/mol. The van der Waals surface area contributed by atoms with E-state index in [0.29, 0.717) is 18.7 Å². The fourth-order valence-electron chi connectivity index (χ4n) is 2.45. The number of anilines is 1. The van der Waals surface area contributed by atoms with Crippen LogP contribution in [-0.2, 0) is 0 Å². The molecule has 1 saturated heterocycles.